The molecule has 0 N–H and O–H groups in total. The molecular weight excluding hydrogens is 330 g/mol. The van der Waals surface area contributed by atoms with Gasteiger partial charge in [0.05, 0.1) is 15.5 Å². The highest BCUT2D eigenvalue weighted by Gasteiger charge is 2.12. The minimum absolute atomic E-state index is 0.0389. The maximum absolute atomic E-state index is 10.7. The number of benzene rings is 1. The first kappa shape index (κ1) is 14.4. The molecule has 0 atom stereocenters. The first-order chi connectivity index (χ1) is 9.60. The van der Waals surface area contributed by atoms with Crippen molar-refractivity contribution in [1.82, 2.24) is 10.1 Å². The highest BCUT2D eigenvalue weighted by Crippen LogP contribution is 2.29. The van der Waals surface area contributed by atoms with Gasteiger partial charge >= 0.3 is 0 Å². The Balaban J connectivity index is 2.05. The zero-order valence-electron chi connectivity index (χ0n) is 10.7. The monoisotopic (exact) mass is 341 g/mol. The second kappa shape index (κ2) is 6.47. The molecule has 1 aromatic heterocycles. The number of nitro benzene ring substituents is 1. The molecule has 0 fully saturated rings. The molecule has 0 aliphatic heterocycles. The van der Waals surface area contributed by atoms with Crippen LogP contribution < -0.4 is 4.74 Å². The van der Waals surface area contributed by atoms with E-state index in [1.807, 2.05) is 6.92 Å². The van der Waals surface area contributed by atoms with Crippen molar-refractivity contribution in [2.45, 2.75) is 26.4 Å². The summed E-state index contributed by atoms with van der Waals surface area (Å²) in [6.07, 6.45) is 1.63. The van der Waals surface area contributed by atoms with Crippen LogP contribution >= 0.6 is 15.9 Å². The van der Waals surface area contributed by atoms with Gasteiger partial charge in [-0.15, -0.1) is 0 Å². The number of rotatable bonds is 6. The summed E-state index contributed by atoms with van der Waals surface area (Å²) in [5.74, 6) is 1.33. The van der Waals surface area contributed by atoms with Crippen LogP contribution in [-0.2, 0) is 13.0 Å². The van der Waals surface area contributed by atoms with Crippen LogP contribution in [0.3, 0.4) is 0 Å². The van der Waals surface area contributed by atoms with Gasteiger partial charge in [-0.3, -0.25) is 10.1 Å². The van der Waals surface area contributed by atoms with Gasteiger partial charge in [-0.25, -0.2) is 0 Å². The minimum atomic E-state index is -0.479. The lowest BCUT2D eigenvalue weighted by molar-refractivity contribution is -0.385. The van der Waals surface area contributed by atoms with Gasteiger partial charge in [0.25, 0.3) is 5.69 Å². The summed E-state index contributed by atoms with van der Waals surface area (Å²) in [5.41, 5.74) is -0.0389. The number of nitro groups is 1. The molecule has 1 heterocycles. The van der Waals surface area contributed by atoms with E-state index in [9.17, 15) is 10.1 Å². The van der Waals surface area contributed by atoms with E-state index in [2.05, 4.69) is 26.1 Å². The maximum atomic E-state index is 10.7. The van der Waals surface area contributed by atoms with Crippen molar-refractivity contribution in [1.29, 1.82) is 0 Å². The molecule has 7 nitrogen and oxygen atoms in total. The summed E-state index contributed by atoms with van der Waals surface area (Å²) < 4.78 is 11.1. The predicted octanol–water partition coefficient (Wildman–Crippen LogP) is 3.27. The number of hydrogen-bond acceptors (Lipinski definition) is 6. The first-order valence-electron chi connectivity index (χ1n) is 5.98. The van der Waals surface area contributed by atoms with E-state index in [-0.39, 0.29) is 12.3 Å². The summed E-state index contributed by atoms with van der Waals surface area (Å²) in [5, 5.41) is 14.5. The third kappa shape index (κ3) is 3.53. The van der Waals surface area contributed by atoms with Crippen molar-refractivity contribution in [2.75, 3.05) is 0 Å². The van der Waals surface area contributed by atoms with Crippen LogP contribution in [0, 0.1) is 10.1 Å². The molecular formula is C12H12BrN3O4. The van der Waals surface area contributed by atoms with Crippen LogP contribution in [0.4, 0.5) is 5.69 Å². The third-order valence-electron chi connectivity index (χ3n) is 2.46. The number of nitrogens with zero attached hydrogens (tertiary/aromatic N) is 3. The Kier molecular flexibility index (Phi) is 4.67. The van der Waals surface area contributed by atoms with Crippen molar-refractivity contribution in [3.05, 3.63) is 44.5 Å². The van der Waals surface area contributed by atoms with E-state index in [1.165, 1.54) is 12.1 Å². The quantitative estimate of drug-likeness (QED) is 0.591. The average Bonchev–Trinajstić information content (AvgIpc) is 2.86. The third-order valence-corrected chi connectivity index (χ3v) is 3.11. The van der Waals surface area contributed by atoms with Crippen molar-refractivity contribution >= 4 is 21.6 Å². The summed E-state index contributed by atoms with van der Waals surface area (Å²) in [6, 6.07) is 4.30. The normalized spacial score (nSPS) is 10.5. The summed E-state index contributed by atoms with van der Waals surface area (Å²) in [4.78, 5) is 14.4. The van der Waals surface area contributed by atoms with Gasteiger partial charge in [0.2, 0.25) is 11.7 Å². The second-order valence-corrected chi connectivity index (χ2v) is 4.87. The summed E-state index contributed by atoms with van der Waals surface area (Å²) in [6.45, 7) is 2.10. The standard InChI is InChI=1S/C12H12BrN3O4/c1-2-3-12-14-11(15-20-12)7-19-10-6-8(16(17)18)4-5-9(10)13/h4-6H,2-3,7H2,1H3. The zero-order valence-corrected chi connectivity index (χ0v) is 12.3. The Morgan fingerprint density at radius 2 is 2.30 bits per heavy atom. The number of non-ortho nitro benzene ring substituents is 1. The molecule has 0 aliphatic carbocycles. The minimum Gasteiger partial charge on any atom is -0.484 e. The van der Waals surface area contributed by atoms with E-state index in [0.717, 1.165) is 6.42 Å². The van der Waals surface area contributed by atoms with Crippen molar-refractivity contribution in [3.63, 3.8) is 0 Å². The van der Waals surface area contributed by atoms with Gasteiger partial charge in [0.1, 0.15) is 5.75 Å². The van der Waals surface area contributed by atoms with Gasteiger partial charge in [-0.2, -0.15) is 4.98 Å². The lowest BCUT2D eigenvalue weighted by Gasteiger charge is -2.05. The van der Waals surface area contributed by atoms with Crippen LogP contribution in [0.5, 0.6) is 5.75 Å². The largest absolute Gasteiger partial charge is 0.484 e. The molecule has 0 radical (unpaired) electrons. The second-order valence-electron chi connectivity index (χ2n) is 4.01. The maximum Gasteiger partial charge on any atom is 0.273 e. The van der Waals surface area contributed by atoms with Gasteiger partial charge in [0, 0.05) is 12.5 Å². The van der Waals surface area contributed by atoms with E-state index in [1.54, 1.807) is 6.07 Å². The molecule has 0 saturated heterocycles. The molecule has 0 spiro atoms. The van der Waals surface area contributed by atoms with E-state index in [4.69, 9.17) is 9.26 Å². The van der Waals surface area contributed by atoms with Crippen LogP contribution in [0.15, 0.2) is 27.2 Å². The lowest BCUT2D eigenvalue weighted by atomic mass is 10.3. The average molecular weight is 342 g/mol. The number of halogens is 1. The molecule has 20 heavy (non-hydrogen) atoms. The number of aromatic nitrogens is 2. The van der Waals surface area contributed by atoms with Gasteiger partial charge in [-0.05, 0) is 28.4 Å². The van der Waals surface area contributed by atoms with E-state index < -0.39 is 4.92 Å². The molecule has 2 rings (SSSR count). The van der Waals surface area contributed by atoms with E-state index in [0.29, 0.717) is 28.4 Å². The topological polar surface area (TPSA) is 91.3 Å². The highest BCUT2D eigenvalue weighted by molar-refractivity contribution is 9.10. The summed E-state index contributed by atoms with van der Waals surface area (Å²) in [7, 11) is 0. The first-order valence-corrected chi connectivity index (χ1v) is 6.77. The molecule has 0 unspecified atom stereocenters. The smallest absolute Gasteiger partial charge is 0.273 e. The molecule has 106 valence electrons. The SMILES string of the molecule is CCCc1nc(COc2cc([N+](=O)[O-])ccc2Br)no1. The molecule has 8 heteroatoms. The molecule has 1 aromatic carbocycles. The predicted molar refractivity (Wildman–Crippen MR) is 73.4 cm³/mol. The molecule has 0 saturated carbocycles. The molecule has 2 aromatic rings. The fourth-order valence-electron chi connectivity index (χ4n) is 1.52. The fourth-order valence-corrected chi connectivity index (χ4v) is 1.88. The highest BCUT2D eigenvalue weighted by atomic mass is 79.9. The number of aryl methyl sites for hydroxylation is 1. The Hall–Kier alpha value is -1.96. The van der Waals surface area contributed by atoms with Gasteiger partial charge < -0.3 is 9.26 Å². The Labute approximate surface area is 123 Å². The van der Waals surface area contributed by atoms with Crippen molar-refractivity contribution in [2.24, 2.45) is 0 Å². The molecule has 0 amide bonds. The molecule has 0 bridgehead atoms. The Morgan fingerprint density at radius 1 is 1.50 bits per heavy atom. The van der Waals surface area contributed by atoms with Crippen LogP contribution in [0.2, 0.25) is 0 Å². The zero-order chi connectivity index (χ0) is 14.5. The fraction of sp³-hybridized carbons (Fsp3) is 0.333. The lowest BCUT2D eigenvalue weighted by Crippen LogP contribution is -1.99. The Morgan fingerprint density at radius 3 is 3.00 bits per heavy atom. The van der Waals surface area contributed by atoms with Crippen LogP contribution in [0.25, 0.3) is 0 Å². The molecule has 0 aliphatic rings. The van der Waals surface area contributed by atoms with E-state index >= 15 is 0 Å². The van der Waals surface area contributed by atoms with Crippen molar-refractivity contribution < 1.29 is 14.2 Å². The van der Waals surface area contributed by atoms with Crippen LogP contribution in [0.1, 0.15) is 25.1 Å². The van der Waals surface area contributed by atoms with Gasteiger partial charge in [-0.1, -0.05) is 12.1 Å². The van der Waals surface area contributed by atoms with Gasteiger partial charge in [0.15, 0.2) is 6.61 Å². The summed E-state index contributed by atoms with van der Waals surface area (Å²) >= 11 is 3.27. The number of hydrogen-bond donors (Lipinski definition) is 0. The van der Waals surface area contributed by atoms with Crippen molar-refractivity contribution in [3.8, 4) is 5.75 Å². The Bertz CT molecular complexity index is 614. The van der Waals surface area contributed by atoms with Crippen LogP contribution in [-0.4, -0.2) is 15.1 Å². The number of ether oxygens (including phenoxy) is 1.